The van der Waals surface area contributed by atoms with Crippen molar-refractivity contribution in [2.24, 2.45) is 34.0 Å². The second-order valence-corrected chi connectivity index (χ2v) is 18.9. The van der Waals surface area contributed by atoms with Gasteiger partial charge in [0.05, 0.1) is 30.8 Å². The van der Waals surface area contributed by atoms with Crippen LogP contribution in [0.15, 0.2) is 9.66 Å². The van der Waals surface area contributed by atoms with Crippen LogP contribution in [0.25, 0.3) is 0 Å². The van der Waals surface area contributed by atoms with Crippen LogP contribution >= 0.6 is 22.6 Å². The third-order valence-electron chi connectivity index (χ3n) is 15.5. The van der Waals surface area contributed by atoms with E-state index in [1.807, 2.05) is 11.0 Å². The largest absolute Gasteiger partial charge is 0.481 e. The lowest BCUT2D eigenvalue weighted by atomic mass is 9.30. The molecule has 0 radical (unpaired) electrons. The highest BCUT2D eigenvalue weighted by atomic mass is 127. The minimum Gasteiger partial charge on any atom is -0.481 e. The number of hydrogen-bond acceptors (Lipinski definition) is 17. The number of hydrogen-bond donors (Lipinski definition) is 11. The predicted octanol–water partition coefficient (Wildman–Crippen LogP) is -2.00. The molecule has 3 heterocycles. The van der Waals surface area contributed by atoms with Gasteiger partial charge >= 0.3 is 5.97 Å². The van der Waals surface area contributed by atoms with Gasteiger partial charge in [-0.3, -0.25) is 4.79 Å². The summed E-state index contributed by atoms with van der Waals surface area (Å²) >= 11 is 2.20. The Morgan fingerprint density at radius 3 is 1.88 bits per heavy atom. The molecule has 3 saturated heterocycles. The number of fused-ring (bicyclic) bond motifs is 1. The van der Waals surface area contributed by atoms with Gasteiger partial charge in [0.1, 0.15) is 73.2 Å². The van der Waals surface area contributed by atoms with E-state index in [0.717, 1.165) is 37.7 Å². The Morgan fingerprint density at radius 1 is 0.754 bits per heavy atom. The number of aliphatic carboxylic acids is 1. The van der Waals surface area contributed by atoms with Gasteiger partial charge in [0.15, 0.2) is 18.9 Å². The number of carboxylic acid groups (broad SMARTS) is 1. The molecule has 8 rings (SSSR count). The zero-order chi connectivity index (χ0) is 41.0. The molecule has 11 N–H and O–H groups in total. The van der Waals surface area contributed by atoms with Crippen LogP contribution in [-0.2, 0) is 33.2 Å². The Kier molecular flexibility index (Phi) is 11.7. The van der Waals surface area contributed by atoms with Gasteiger partial charge in [-0.05, 0) is 96.5 Å². The lowest BCUT2D eigenvalue weighted by Gasteiger charge is -2.74. The van der Waals surface area contributed by atoms with Crippen molar-refractivity contribution in [2.45, 2.75) is 162 Å². The van der Waals surface area contributed by atoms with E-state index in [0.29, 0.717) is 25.7 Å². The maximum atomic E-state index is 12.7. The Morgan fingerprint density at radius 2 is 1.32 bits per heavy atom. The van der Waals surface area contributed by atoms with Crippen LogP contribution in [0.4, 0.5) is 0 Å². The lowest BCUT2D eigenvalue weighted by Crippen LogP contribution is -2.70. The topological polar surface area (TPSA) is 295 Å². The van der Waals surface area contributed by atoms with Crippen LogP contribution in [0, 0.1) is 34.0 Å². The average molecular weight is 929 g/mol. The van der Waals surface area contributed by atoms with Gasteiger partial charge in [-0.25, -0.2) is 0 Å². The summed E-state index contributed by atoms with van der Waals surface area (Å²) in [5, 5.41) is 116. The highest BCUT2D eigenvalue weighted by molar-refractivity contribution is 14.1. The average Bonchev–Trinajstić information content (AvgIpc) is 3.42. The number of halogens is 1. The zero-order valence-electron chi connectivity index (χ0n) is 31.6. The highest BCUT2D eigenvalue weighted by Gasteiger charge is 2.77. The van der Waals surface area contributed by atoms with Crippen LogP contribution in [0.1, 0.15) is 64.7 Å². The smallest absolute Gasteiger partial charge is 0.309 e. The molecule has 22 atom stereocenters. The van der Waals surface area contributed by atoms with Crippen LogP contribution in [0.5, 0.6) is 0 Å². The van der Waals surface area contributed by atoms with E-state index in [1.165, 1.54) is 0 Å². The first-order chi connectivity index (χ1) is 27.0. The van der Waals surface area contributed by atoms with Gasteiger partial charge in [-0.15, -0.1) is 0 Å². The van der Waals surface area contributed by atoms with E-state index in [4.69, 9.17) is 28.4 Å². The Balaban J connectivity index is 1.14. The summed E-state index contributed by atoms with van der Waals surface area (Å²) in [6.07, 6.45) is -18.4. The van der Waals surface area contributed by atoms with Crippen LogP contribution in [-0.4, -0.2) is 180 Å². The number of rotatable bonds is 10. The van der Waals surface area contributed by atoms with Crippen molar-refractivity contribution in [3.8, 4) is 0 Å². The van der Waals surface area contributed by atoms with Crippen LogP contribution < -0.4 is 0 Å². The van der Waals surface area contributed by atoms with Crippen molar-refractivity contribution in [3.05, 3.63) is 9.66 Å². The third kappa shape index (κ3) is 6.51. The molecule has 0 aromatic carbocycles. The zero-order valence-corrected chi connectivity index (χ0v) is 33.8. The van der Waals surface area contributed by atoms with Crippen molar-refractivity contribution in [3.63, 3.8) is 0 Å². The lowest BCUT2D eigenvalue weighted by molar-refractivity contribution is -0.401. The summed E-state index contributed by atoms with van der Waals surface area (Å²) < 4.78 is 39.1. The van der Waals surface area contributed by atoms with E-state index in [-0.39, 0.29) is 28.6 Å². The minimum absolute atomic E-state index is 0.0642. The quantitative estimate of drug-likeness (QED) is 0.0835. The number of ether oxygens (including phenoxy) is 6. The first-order valence-corrected chi connectivity index (χ1v) is 21.4. The van der Waals surface area contributed by atoms with Gasteiger partial charge in [-0.1, -0.05) is 29.0 Å². The second-order valence-electron chi connectivity index (χ2n) is 18.3. The van der Waals surface area contributed by atoms with Crippen molar-refractivity contribution in [2.75, 3.05) is 19.8 Å². The van der Waals surface area contributed by atoms with E-state index in [1.54, 1.807) is 0 Å². The molecule has 5 saturated carbocycles. The molecule has 0 aromatic rings. The van der Waals surface area contributed by atoms with Crippen molar-refractivity contribution in [1.82, 2.24) is 0 Å². The van der Waals surface area contributed by atoms with Crippen LogP contribution in [0.2, 0.25) is 0 Å². The minimum atomic E-state index is -1.90. The van der Waals surface area contributed by atoms with Crippen molar-refractivity contribution in [1.29, 1.82) is 0 Å². The highest BCUT2D eigenvalue weighted by Crippen LogP contribution is 2.82. The van der Waals surface area contributed by atoms with E-state index >= 15 is 0 Å². The maximum Gasteiger partial charge on any atom is 0.309 e. The molecule has 19 heteroatoms. The maximum absolute atomic E-state index is 12.7. The van der Waals surface area contributed by atoms with Gasteiger partial charge < -0.3 is 84.6 Å². The molecular weight excluding hydrogens is 871 g/mol. The summed E-state index contributed by atoms with van der Waals surface area (Å²) in [5.41, 5.74) is -1.05. The summed E-state index contributed by atoms with van der Waals surface area (Å²) in [4.78, 5) is 12.7. The standard InChI is InChI=1S/C38H57IO18/c1-35(34(50)51)4-2-5-37-7-15-8-38(14-36(30(15)37,6-3-20(35)37)9-16(38)10-39)57-33-29(56-32-27(49)25(47)22(44)18(12-41)53-32)28(23(45)19(13-42)54-33)55-31-26(48)24(46)21(43)17(11-40)52-31/h10,15,17-33,40-49H,2-9,11-14H2,1H3,(H,50,51)/b16-10+/t15?,17?,18?,19?,20-,21?,22?,23?,24?,25?,26?,27?,28?,29?,30-,31?,32?,33?,35-,36-,37+,38+/m1/s1. The Hall–Kier alpha value is -0.700. The normalized spacial score (nSPS) is 56.5. The third-order valence-corrected chi connectivity index (χ3v) is 16.3. The molecule has 57 heavy (non-hydrogen) atoms. The van der Waals surface area contributed by atoms with Crippen molar-refractivity contribution < 1.29 is 89.4 Å². The SMILES string of the molecule is C[C@@]1(C(=O)O)CCC[C@]23CC4C[C@]5(OC6OC(CO)C(O)C(OC7OC(CO)C(O)C(O)C7O)C6OC6OC(CO)C(O)C(O)C6O)C[C@@](CC[C@@H]21)(C/C5=C\I)[C@@H]43. The molecule has 8 fully saturated rings. The number of aliphatic hydroxyl groups is 10. The molecule has 2 bridgehead atoms. The number of aliphatic hydroxyl groups excluding tert-OH is 10. The van der Waals surface area contributed by atoms with Gasteiger partial charge in [0.25, 0.3) is 0 Å². The second kappa shape index (κ2) is 15.6. The monoisotopic (exact) mass is 928 g/mol. The first-order valence-electron chi connectivity index (χ1n) is 20.1. The first kappa shape index (κ1) is 43.0. The van der Waals surface area contributed by atoms with E-state index in [2.05, 4.69) is 22.6 Å². The summed E-state index contributed by atoms with van der Waals surface area (Å²) in [6, 6.07) is 0. The number of carbonyl (C=O) groups is 1. The predicted molar refractivity (Wildman–Crippen MR) is 198 cm³/mol. The molecule has 324 valence electrons. The molecular formula is C38H57IO18. The van der Waals surface area contributed by atoms with Gasteiger partial charge in [0.2, 0.25) is 0 Å². The molecule has 8 aliphatic rings. The fourth-order valence-electron chi connectivity index (χ4n) is 13.1. The molecule has 0 amide bonds. The summed E-state index contributed by atoms with van der Waals surface area (Å²) in [6.45, 7) is -0.368. The van der Waals surface area contributed by atoms with E-state index in [9.17, 15) is 61.0 Å². The fourth-order valence-corrected chi connectivity index (χ4v) is 13.9. The molecule has 2 spiro atoms. The van der Waals surface area contributed by atoms with Gasteiger partial charge in [0, 0.05) is 0 Å². The molecule has 0 aromatic heterocycles. The summed E-state index contributed by atoms with van der Waals surface area (Å²) in [7, 11) is 0. The van der Waals surface area contributed by atoms with E-state index < -0.39 is 129 Å². The number of carboxylic acids is 1. The van der Waals surface area contributed by atoms with Crippen molar-refractivity contribution >= 4 is 28.6 Å². The molecule has 18 nitrogen and oxygen atoms in total. The molecule has 16 unspecified atom stereocenters. The Bertz CT molecular complexity index is 1540. The molecule has 5 aliphatic carbocycles. The van der Waals surface area contributed by atoms with Crippen LogP contribution in [0.3, 0.4) is 0 Å². The molecule has 3 aliphatic heterocycles. The Labute approximate surface area is 342 Å². The summed E-state index contributed by atoms with van der Waals surface area (Å²) in [5.74, 6) is -0.189. The fraction of sp³-hybridized carbons (Fsp3) is 0.921. The van der Waals surface area contributed by atoms with Gasteiger partial charge in [-0.2, -0.15) is 0 Å².